The minimum Gasteiger partial charge on any atom is -0.365 e. The van der Waals surface area contributed by atoms with Crippen molar-refractivity contribution >= 4 is 93.8 Å². The fourth-order valence-corrected chi connectivity index (χ4v) is 2.90. The molecule has 2 unspecified atom stereocenters. The second-order valence-electron chi connectivity index (χ2n) is 4.87. The van der Waals surface area contributed by atoms with Gasteiger partial charge in [-0.3, -0.25) is 9.59 Å². The lowest BCUT2D eigenvalue weighted by Gasteiger charge is -2.39. The molecule has 2 rings (SSSR count). The van der Waals surface area contributed by atoms with E-state index in [2.05, 4.69) is 10.2 Å². The lowest BCUT2D eigenvalue weighted by Crippen LogP contribution is -2.61. The van der Waals surface area contributed by atoms with Gasteiger partial charge in [0.2, 0.25) is 19.0 Å². The van der Waals surface area contributed by atoms with Crippen molar-refractivity contribution in [2.75, 3.05) is 0 Å². The predicted octanol–water partition coefficient (Wildman–Crippen LogP) is 1.54. The van der Waals surface area contributed by atoms with Gasteiger partial charge in [-0.05, 0) is 0 Å². The summed E-state index contributed by atoms with van der Waals surface area (Å²) >= 11 is 33.9. The van der Waals surface area contributed by atoms with Gasteiger partial charge in [0.25, 0.3) is 0 Å². The Balaban J connectivity index is 2.32. The highest BCUT2D eigenvalue weighted by Crippen LogP contribution is 2.46. The molecule has 2 aliphatic rings. The smallest absolute Gasteiger partial charge is 0.336 e. The zero-order valence-corrected chi connectivity index (χ0v) is 15.9. The zero-order chi connectivity index (χ0) is 18.6. The van der Waals surface area contributed by atoms with Gasteiger partial charge >= 0.3 is 11.8 Å². The van der Waals surface area contributed by atoms with E-state index >= 15 is 0 Å². The van der Waals surface area contributed by atoms with Crippen LogP contribution in [0, 0.1) is 0 Å². The van der Waals surface area contributed by atoms with Gasteiger partial charge in [0.1, 0.15) is 0 Å². The number of halogens is 6. The lowest BCUT2D eigenvalue weighted by atomic mass is 10.1. The van der Waals surface area contributed by atoms with Crippen LogP contribution in [0.3, 0.4) is 0 Å². The number of rotatable bonds is 0. The molecule has 0 aromatic rings. The maximum Gasteiger partial charge on any atom is 0.336 e. The number of alkyl halides is 6. The van der Waals surface area contributed by atoms with Crippen molar-refractivity contribution < 1.29 is 19.8 Å². The Morgan fingerprint density at radius 1 is 0.833 bits per heavy atom. The molecule has 2 amide bonds. The van der Waals surface area contributed by atoms with E-state index < -0.39 is 30.8 Å². The molecule has 134 valence electrons. The van der Waals surface area contributed by atoms with Crippen molar-refractivity contribution in [2.24, 2.45) is 10.2 Å². The minimum absolute atomic E-state index is 0.273. The van der Waals surface area contributed by atoms with Crippen LogP contribution in [-0.2, 0) is 9.59 Å². The molecule has 0 aromatic carbocycles. The van der Waals surface area contributed by atoms with Crippen LogP contribution in [0.25, 0.3) is 0 Å². The molecular weight excluding hydrogens is 453 g/mol. The number of hydrogen-bond donors (Lipinski definition) is 2. The van der Waals surface area contributed by atoms with E-state index in [0.29, 0.717) is 0 Å². The van der Waals surface area contributed by atoms with Gasteiger partial charge in [-0.1, -0.05) is 69.6 Å². The van der Waals surface area contributed by atoms with Crippen molar-refractivity contribution in [3.8, 4) is 0 Å². The molecule has 0 saturated heterocycles. The summed E-state index contributed by atoms with van der Waals surface area (Å²) < 4.78 is -4.75. The molecule has 0 aliphatic carbocycles. The molecule has 14 heteroatoms. The first-order valence-corrected chi connectivity index (χ1v) is 8.34. The van der Waals surface area contributed by atoms with Gasteiger partial charge in [-0.25, -0.2) is 0 Å². The molecule has 2 aliphatic heterocycles. The molecule has 0 aromatic heterocycles. The zero-order valence-electron chi connectivity index (χ0n) is 11.3. The first-order valence-electron chi connectivity index (χ1n) is 6.07. The Morgan fingerprint density at radius 2 is 1.12 bits per heavy atom. The molecular formula is C10H8Cl6N4O4. The van der Waals surface area contributed by atoms with Crippen LogP contribution in [-0.4, -0.2) is 63.5 Å². The van der Waals surface area contributed by atoms with E-state index in [-0.39, 0.29) is 22.9 Å². The summed E-state index contributed by atoms with van der Waals surface area (Å²) in [5.74, 6) is -2.91. The lowest BCUT2D eigenvalue weighted by molar-refractivity contribution is -0.177. The number of hydrogen-bond acceptors (Lipinski definition) is 6. The van der Waals surface area contributed by atoms with Crippen molar-refractivity contribution in [3.05, 3.63) is 0 Å². The summed E-state index contributed by atoms with van der Waals surface area (Å²) in [6.45, 7) is 0. The van der Waals surface area contributed by atoms with E-state index in [1.807, 2.05) is 0 Å². The second kappa shape index (κ2) is 6.28. The molecule has 0 radical (unpaired) electrons. The monoisotopic (exact) mass is 458 g/mol. The van der Waals surface area contributed by atoms with Crippen molar-refractivity contribution in [1.82, 2.24) is 10.0 Å². The quantitative estimate of drug-likeness (QED) is 0.422. The fraction of sp³-hybridized carbons (Fsp3) is 0.600. The number of amides is 2. The number of carbonyl (C=O) groups is 2. The van der Waals surface area contributed by atoms with Gasteiger partial charge in [0.15, 0.2) is 0 Å². The molecule has 0 saturated carbocycles. The first-order chi connectivity index (χ1) is 10.8. The molecule has 2 heterocycles. The van der Waals surface area contributed by atoms with Crippen LogP contribution in [0.15, 0.2) is 10.2 Å². The van der Waals surface area contributed by atoms with Gasteiger partial charge in [0.05, 0.1) is 0 Å². The first kappa shape index (κ1) is 20.3. The Hall–Kier alpha value is -0.0600. The average Bonchev–Trinajstić information content (AvgIpc) is 3.01. The Labute approximate surface area is 165 Å². The predicted molar refractivity (Wildman–Crippen MR) is 90.4 cm³/mol. The van der Waals surface area contributed by atoms with Gasteiger partial charge in [-0.2, -0.15) is 20.2 Å². The van der Waals surface area contributed by atoms with E-state index in [9.17, 15) is 19.8 Å². The molecule has 8 nitrogen and oxygen atoms in total. The summed E-state index contributed by atoms with van der Waals surface area (Å²) in [5.41, 5.74) is -4.82. The van der Waals surface area contributed by atoms with Gasteiger partial charge < -0.3 is 10.2 Å². The number of carbonyl (C=O) groups excluding carboxylic acids is 2. The third kappa shape index (κ3) is 3.07. The largest absolute Gasteiger partial charge is 0.365 e. The molecule has 0 spiro atoms. The van der Waals surface area contributed by atoms with Gasteiger partial charge in [0, 0.05) is 25.3 Å². The van der Waals surface area contributed by atoms with Crippen molar-refractivity contribution in [3.63, 3.8) is 0 Å². The Bertz CT molecular complexity index is 578. The Kier molecular flexibility index (Phi) is 5.30. The standard InChI is InChI=1S/C10H8Cl6N4O4/c11-9(12,13)7(23)1-3-17-19(7)5(21)6(22)20-8(24,2-4-18-20)10(14,15)16/h3-4,23-24H,1-2H2. The van der Waals surface area contributed by atoms with Crippen LogP contribution >= 0.6 is 69.6 Å². The number of aliphatic hydroxyl groups is 2. The van der Waals surface area contributed by atoms with Crippen LogP contribution in [0.4, 0.5) is 0 Å². The van der Waals surface area contributed by atoms with Crippen molar-refractivity contribution in [1.29, 1.82) is 0 Å². The van der Waals surface area contributed by atoms with Crippen LogP contribution in [0.1, 0.15) is 12.8 Å². The number of nitrogens with zero attached hydrogens (tertiary/aromatic N) is 4. The normalized spacial score (nSPS) is 30.3. The highest BCUT2D eigenvalue weighted by atomic mass is 35.6. The van der Waals surface area contributed by atoms with E-state index in [1.165, 1.54) is 0 Å². The molecule has 0 bridgehead atoms. The third-order valence-corrected chi connectivity index (χ3v) is 5.14. The molecule has 0 fully saturated rings. The third-order valence-electron chi connectivity index (χ3n) is 3.32. The van der Waals surface area contributed by atoms with E-state index in [0.717, 1.165) is 12.4 Å². The number of hydrazone groups is 2. The SMILES string of the molecule is O=C(C(=O)N1N=CCC1(O)C(Cl)(Cl)Cl)N1N=CCC1(O)C(Cl)(Cl)Cl. The second-order valence-corrected chi connectivity index (χ2v) is 9.43. The van der Waals surface area contributed by atoms with Crippen LogP contribution < -0.4 is 0 Å². The van der Waals surface area contributed by atoms with E-state index in [1.54, 1.807) is 0 Å². The highest BCUT2D eigenvalue weighted by molar-refractivity contribution is 6.69. The summed E-state index contributed by atoms with van der Waals surface area (Å²) in [4.78, 5) is 24.8. The van der Waals surface area contributed by atoms with E-state index in [4.69, 9.17) is 69.6 Å². The maximum absolute atomic E-state index is 12.4. The molecule has 2 atom stereocenters. The molecule has 24 heavy (non-hydrogen) atoms. The Morgan fingerprint density at radius 3 is 1.38 bits per heavy atom. The van der Waals surface area contributed by atoms with Crippen molar-refractivity contribution in [2.45, 2.75) is 31.9 Å². The summed E-state index contributed by atoms with van der Waals surface area (Å²) in [6.07, 6.45) is 1.45. The topological polar surface area (TPSA) is 106 Å². The average molecular weight is 461 g/mol. The molecule has 2 N–H and O–H groups in total. The van der Waals surface area contributed by atoms with Crippen LogP contribution in [0.2, 0.25) is 0 Å². The van der Waals surface area contributed by atoms with Gasteiger partial charge in [-0.15, -0.1) is 0 Å². The summed E-state index contributed by atoms with van der Waals surface area (Å²) in [7, 11) is 0. The minimum atomic E-state index is -2.41. The van der Waals surface area contributed by atoms with Crippen LogP contribution in [0.5, 0.6) is 0 Å². The fourth-order valence-electron chi connectivity index (χ4n) is 1.96. The highest BCUT2D eigenvalue weighted by Gasteiger charge is 2.61. The summed E-state index contributed by atoms with van der Waals surface area (Å²) in [5, 5.41) is 28.4. The maximum atomic E-state index is 12.4. The summed E-state index contributed by atoms with van der Waals surface area (Å²) in [6, 6.07) is 0.